The molecular weight excluding hydrogens is 320 g/mol. The molecule has 0 unspecified atom stereocenters. The molecule has 0 aromatic rings. The normalized spacial score (nSPS) is 35.0. The van der Waals surface area contributed by atoms with Crippen molar-refractivity contribution in [1.29, 1.82) is 0 Å². The summed E-state index contributed by atoms with van der Waals surface area (Å²) in [6.07, 6.45) is 7.21. The van der Waals surface area contributed by atoms with Gasteiger partial charge in [0.1, 0.15) is 0 Å². The number of ether oxygens (including phenoxy) is 2. The lowest BCUT2D eigenvalue weighted by Gasteiger charge is -2.45. The van der Waals surface area contributed by atoms with Crippen molar-refractivity contribution in [3.8, 4) is 0 Å². The quantitative estimate of drug-likeness (QED) is 0.824. The van der Waals surface area contributed by atoms with Crippen LogP contribution in [0.4, 0.5) is 0 Å². The van der Waals surface area contributed by atoms with Gasteiger partial charge in [0.2, 0.25) is 5.91 Å². The molecule has 1 N–H and O–H groups in total. The number of amides is 1. The Kier molecular flexibility index (Phi) is 6.72. The third-order valence-corrected chi connectivity index (χ3v) is 5.96. The Morgan fingerprint density at radius 1 is 1.16 bits per heavy atom. The van der Waals surface area contributed by atoms with Gasteiger partial charge in [-0.1, -0.05) is 12.8 Å². The predicted octanol–water partition coefficient (Wildman–Crippen LogP) is 1.26. The van der Waals surface area contributed by atoms with Crippen molar-refractivity contribution in [3.05, 3.63) is 0 Å². The number of aliphatic hydroxyl groups is 1. The number of hydrogen-bond acceptors (Lipinski definition) is 5. The summed E-state index contributed by atoms with van der Waals surface area (Å²) < 4.78 is 12.0. The van der Waals surface area contributed by atoms with E-state index in [-0.39, 0.29) is 18.1 Å². The minimum atomic E-state index is -0.421. The van der Waals surface area contributed by atoms with E-state index in [4.69, 9.17) is 9.47 Å². The van der Waals surface area contributed by atoms with Crippen LogP contribution in [0.1, 0.15) is 44.9 Å². The van der Waals surface area contributed by atoms with Crippen LogP contribution in [0.3, 0.4) is 0 Å². The summed E-state index contributed by atoms with van der Waals surface area (Å²) in [5.74, 6) is 0.870. The van der Waals surface area contributed by atoms with Crippen LogP contribution in [-0.4, -0.2) is 85.6 Å². The molecule has 2 heterocycles. The van der Waals surface area contributed by atoms with Gasteiger partial charge in [0.25, 0.3) is 0 Å². The lowest BCUT2D eigenvalue weighted by atomic mass is 9.93. The van der Waals surface area contributed by atoms with E-state index in [0.717, 1.165) is 25.3 Å². The van der Waals surface area contributed by atoms with Crippen LogP contribution in [0.5, 0.6) is 0 Å². The average molecular weight is 354 g/mol. The fraction of sp³-hybridized carbons (Fsp3) is 0.947. The van der Waals surface area contributed by atoms with E-state index in [1.165, 1.54) is 25.7 Å². The highest BCUT2D eigenvalue weighted by Crippen LogP contribution is 2.31. The molecule has 0 spiro atoms. The molecule has 0 aromatic carbocycles. The Morgan fingerprint density at radius 3 is 2.64 bits per heavy atom. The second kappa shape index (κ2) is 8.80. The third-order valence-electron chi connectivity index (χ3n) is 5.96. The number of nitrogens with zero attached hydrogens (tertiary/aromatic N) is 2. The van der Waals surface area contributed by atoms with Gasteiger partial charge in [-0.05, 0) is 31.6 Å². The lowest BCUT2D eigenvalue weighted by molar-refractivity contribution is -0.160. The summed E-state index contributed by atoms with van der Waals surface area (Å²) in [4.78, 5) is 16.1. The maximum absolute atomic E-state index is 12.0. The average Bonchev–Trinajstić information content (AvgIpc) is 3.06. The fourth-order valence-corrected chi connectivity index (χ4v) is 4.56. The highest BCUT2D eigenvalue weighted by Gasteiger charge is 2.38. The molecule has 6 heteroatoms. The number of β-amino-alcohol motifs (C(OH)–C–C–N with tert-alkyl or cyclic N) is 1. The van der Waals surface area contributed by atoms with Gasteiger partial charge in [0, 0.05) is 33.2 Å². The zero-order valence-electron chi connectivity index (χ0n) is 15.7. The van der Waals surface area contributed by atoms with Crippen molar-refractivity contribution in [2.24, 2.45) is 5.92 Å². The first kappa shape index (κ1) is 19.1. The van der Waals surface area contributed by atoms with Crippen molar-refractivity contribution in [3.63, 3.8) is 0 Å². The largest absolute Gasteiger partial charge is 0.389 e. The monoisotopic (exact) mass is 354 g/mol. The molecule has 2 aliphatic heterocycles. The number of carbonyl (C=O) groups excluding carboxylic acids is 1. The molecule has 6 nitrogen and oxygen atoms in total. The van der Waals surface area contributed by atoms with E-state index >= 15 is 0 Å². The summed E-state index contributed by atoms with van der Waals surface area (Å²) in [5.41, 5.74) is 0. The smallest absolute Gasteiger partial charge is 0.224 e. The van der Waals surface area contributed by atoms with Crippen molar-refractivity contribution >= 4 is 5.91 Å². The molecule has 3 rings (SSSR count). The van der Waals surface area contributed by atoms with E-state index in [1.54, 1.807) is 19.0 Å². The Morgan fingerprint density at radius 2 is 1.92 bits per heavy atom. The highest BCUT2D eigenvalue weighted by molar-refractivity contribution is 5.76. The van der Waals surface area contributed by atoms with E-state index in [2.05, 4.69) is 4.90 Å². The van der Waals surface area contributed by atoms with Crippen molar-refractivity contribution < 1.29 is 19.4 Å². The standard InChI is InChI=1S/C19H34N2O4/c1-20(2)19(23)9-16-7-8-17-18(25-16)13-24-12-15(22)11-21(17)10-14-5-3-4-6-14/h14-18,22H,3-13H2,1-2H3/t15-,16+,17+,18-/m0/s1. The Bertz CT molecular complexity index is 439. The Balaban J connectivity index is 1.63. The minimum Gasteiger partial charge on any atom is -0.389 e. The second-order valence-corrected chi connectivity index (χ2v) is 8.23. The number of hydrogen-bond donors (Lipinski definition) is 1. The predicted molar refractivity (Wildman–Crippen MR) is 95.4 cm³/mol. The lowest BCUT2D eigenvalue weighted by Crippen LogP contribution is -2.56. The number of rotatable bonds is 4. The SMILES string of the molecule is CN(C)C(=O)C[C@H]1CC[C@@H]2[C@H](COC[C@@H](O)CN2CC2CCCC2)O1. The number of aliphatic hydroxyl groups excluding tert-OH is 1. The summed E-state index contributed by atoms with van der Waals surface area (Å²) in [5, 5.41) is 10.2. The van der Waals surface area contributed by atoms with Crippen LogP contribution in [-0.2, 0) is 14.3 Å². The second-order valence-electron chi connectivity index (χ2n) is 8.23. The first-order valence-electron chi connectivity index (χ1n) is 9.88. The van der Waals surface area contributed by atoms with E-state index in [1.807, 2.05) is 0 Å². The molecule has 1 amide bonds. The van der Waals surface area contributed by atoms with Gasteiger partial charge in [-0.25, -0.2) is 0 Å². The van der Waals surface area contributed by atoms with Crippen molar-refractivity contribution in [2.45, 2.75) is 69.3 Å². The molecule has 2 saturated heterocycles. The van der Waals surface area contributed by atoms with Crippen LogP contribution < -0.4 is 0 Å². The Labute approximate surface area is 151 Å². The van der Waals surface area contributed by atoms with Gasteiger partial charge >= 0.3 is 0 Å². The summed E-state index contributed by atoms with van der Waals surface area (Å²) in [6, 6.07) is 0.293. The summed E-state index contributed by atoms with van der Waals surface area (Å²) in [7, 11) is 3.58. The van der Waals surface area contributed by atoms with Crippen molar-refractivity contribution in [1.82, 2.24) is 9.80 Å². The van der Waals surface area contributed by atoms with Gasteiger partial charge in [-0.2, -0.15) is 0 Å². The third kappa shape index (κ3) is 5.16. The van der Waals surface area contributed by atoms with Crippen molar-refractivity contribution in [2.75, 3.05) is 40.4 Å². The van der Waals surface area contributed by atoms with E-state index in [0.29, 0.717) is 32.2 Å². The van der Waals surface area contributed by atoms with Gasteiger partial charge in [0.15, 0.2) is 0 Å². The summed E-state index contributed by atoms with van der Waals surface area (Å²) in [6.45, 7) is 2.61. The van der Waals surface area contributed by atoms with Gasteiger partial charge in [-0.15, -0.1) is 0 Å². The maximum atomic E-state index is 12.0. The molecule has 3 aliphatic rings. The molecule has 0 radical (unpaired) electrons. The first-order chi connectivity index (χ1) is 12.0. The van der Waals surface area contributed by atoms with Crippen LogP contribution >= 0.6 is 0 Å². The molecule has 1 saturated carbocycles. The molecule has 4 atom stereocenters. The molecule has 1 aliphatic carbocycles. The summed E-state index contributed by atoms with van der Waals surface area (Å²) >= 11 is 0. The topological polar surface area (TPSA) is 62.2 Å². The number of carbonyl (C=O) groups is 1. The molecule has 3 fully saturated rings. The first-order valence-corrected chi connectivity index (χ1v) is 9.88. The number of fused-ring (bicyclic) bond motifs is 1. The van der Waals surface area contributed by atoms with E-state index in [9.17, 15) is 9.90 Å². The zero-order chi connectivity index (χ0) is 17.8. The molecule has 0 aromatic heterocycles. The highest BCUT2D eigenvalue weighted by atomic mass is 16.5. The maximum Gasteiger partial charge on any atom is 0.224 e. The van der Waals surface area contributed by atoms with Crippen LogP contribution in [0.2, 0.25) is 0 Å². The Hall–Kier alpha value is -0.690. The van der Waals surface area contributed by atoms with Gasteiger partial charge < -0.3 is 19.5 Å². The van der Waals surface area contributed by atoms with Crippen LogP contribution in [0, 0.1) is 5.92 Å². The molecule has 144 valence electrons. The molecule has 25 heavy (non-hydrogen) atoms. The van der Waals surface area contributed by atoms with Crippen LogP contribution in [0.25, 0.3) is 0 Å². The molecule has 0 bridgehead atoms. The van der Waals surface area contributed by atoms with Crippen LogP contribution in [0.15, 0.2) is 0 Å². The molecular formula is C19H34N2O4. The van der Waals surface area contributed by atoms with E-state index < -0.39 is 6.10 Å². The minimum absolute atomic E-state index is 0.00242. The van der Waals surface area contributed by atoms with Gasteiger partial charge in [-0.3, -0.25) is 9.69 Å². The van der Waals surface area contributed by atoms with Gasteiger partial charge in [0.05, 0.1) is 37.9 Å². The zero-order valence-corrected chi connectivity index (χ0v) is 15.7. The fourth-order valence-electron chi connectivity index (χ4n) is 4.56.